The summed E-state index contributed by atoms with van der Waals surface area (Å²) in [6, 6.07) is 14.0. The number of aryl methyl sites for hydroxylation is 1. The highest BCUT2D eigenvalue weighted by molar-refractivity contribution is 7.89. The maximum absolute atomic E-state index is 12.6. The van der Waals surface area contributed by atoms with Crippen molar-refractivity contribution in [2.45, 2.75) is 18.4 Å². The second-order valence-corrected chi connectivity index (χ2v) is 8.15. The summed E-state index contributed by atoms with van der Waals surface area (Å²) >= 11 is 0. The molecule has 0 atom stereocenters. The van der Waals surface area contributed by atoms with Gasteiger partial charge in [0.15, 0.2) is 0 Å². The van der Waals surface area contributed by atoms with Gasteiger partial charge in [-0.1, -0.05) is 29.8 Å². The van der Waals surface area contributed by atoms with Gasteiger partial charge in [0.2, 0.25) is 10.0 Å². The van der Waals surface area contributed by atoms with Crippen LogP contribution >= 0.6 is 0 Å². The molecular weight excluding hydrogens is 352 g/mol. The average molecular weight is 374 g/mol. The van der Waals surface area contributed by atoms with E-state index in [1.807, 2.05) is 31.2 Å². The number of nitrogens with zero attached hydrogens (tertiary/aromatic N) is 1. The molecule has 1 amide bonds. The highest BCUT2D eigenvalue weighted by Gasteiger charge is 2.26. The van der Waals surface area contributed by atoms with Gasteiger partial charge in [-0.15, -0.1) is 0 Å². The molecule has 3 rings (SSSR count). The van der Waals surface area contributed by atoms with Crippen molar-refractivity contribution >= 4 is 15.9 Å². The summed E-state index contributed by atoms with van der Waals surface area (Å²) in [5.74, 6) is -0.235. The van der Waals surface area contributed by atoms with E-state index in [0.717, 1.165) is 11.1 Å². The number of carbonyl (C=O) groups is 1. The highest BCUT2D eigenvalue weighted by atomic mass is 32.2. The second-order valence-electron chi connectivity index (χ2n) is 6.21. The lowest BCUT2D eigenvalue weighted by atomic mass is 10.1. The smallest absolute Gasteiger partial charge is 0.251 e. The van der Waals surface area contributed by atoms with E-state index in [1.165, 1.54) is 28.6 Å². The predicted octanol–water partition coefficient (Wildman–Crippen LogP) is 1.95. The minimum atomic E-state index is -3.54. The molecule has 0 spiro atoms. The molecule has 1 saturated heterocycles. The van der Waals surface area contributed by atoms with Crippen LogP contribution in [0.5, 0.6) is 0 Å². The highest BCUT2D eigenvalue weighted by Crippen LogP contribution is 2.17. The number of benzene rings is 2. The van der Waals surface area contributed by atoms with Crippen LogP contribution in [-0.2, 0) is 21.3 Å². The van der Waals surface area contributed by atoms with Gasteiger partial charge in [0.1, 0.15) is 0 Å². The maximum Gasteiger partial charge on any atom is 0.251 e. The summed E-state index contributed by atoms with van der Waals surface area (Å²) in [4.78, 5) is 12.4. The topological polar surface area (TPSA) is 75.7 Å². The van der Waals surface area contributed by atoms with Crippen LogP contribution in [0.4, 0.5) is 0 Å². The third kappa shape index (κ3) is 4.30. The number of amides is 1. The first-order valence-corrected chi connectivity index (χ1v) is 9.92. The zero-order valence-corrected chi connectivity index (χ0v) is 15.5. The van der Waals surface area contributed by atoms with Gasteiger partial charge in [-0.25, -0.2) is 8.42 Å². The minimum Gasteiger partial charge on any atom is -0.379 e. The number of hydrogen-bond acceptors (Lipinski definition) is 4. The van der Waals surface area contributed by atoms with Gasteiger partial charge < -0.3 is 10.1 Å². The van der Waals surface area contributed by atoms with E-state index < -0.39 is 10.0 Å². The van der Waals surface area contributed by atoms with Gasteiger partial charge in [-0.3, -0.25) is 4.79 Å². The van der Waals surface area contributed by atoms with E-state index in [4.69, 9.17) is 4.74 Å². The molecule has 26 heavy (non-hydrogen) atoms. The largest absolute Gasteiger partial charge is 0.379 e. The Morgan fingerprint density at radius 3 is 2.27 bits per heavy atom. The van der Waals surface area contributed by atoms with E-state index in [0.29, 0.717) is 38.4 Å². The van der Waals surface area contributed by atoms with Crippen molar-refractivity contribution in [1.82, 2.24) is 9.62 Å². The van der Waals surface area contributed by atoms with Crippen molar-refractivity contribution in [2.75, 3.05) is 26.3 Å². The van der Waals surface area contributed by atoms with Crippen LogP contribution in [-0.4, -0.2) is 44.9 Å². The van der Waals surface area contributed by atoms with Crippen LogP contribution in [0, 0.1) is 6.92 Å². The lowest BCUT2D eigenvalue weighted by molar-refractivity contribution is 0.0730. The zero-order valence-electron chi connectivity index (χ0n) is 14.6. The Balaban J connectivity index is 1.64. The summed E-state index contributed by atoms with van der Waals surface area (Å²) in [5.41, 5.74) is 2.60. The molecule has 1 aliphatic heterocycles. The summed E-state index contributed by atoms with van der Waals surface area (Å²) in [6.07, 6.45) is 0. The molecule has 138 valence electrons. The van der Waals surface area contributed by atoms with Crippen molar-refractivity contribution in [1.29, 1.82) is 0 Å². The summed E-state index contributed by atoms with van der Waals surface area (Å²) in [5, 5.41) is 2.84. The number of ether oxygens (including phenoxy) is 1. The number of sulfonamides is 1. The molecule has 1 fully saturated rings. The molecule has 0 aromatic heterocycles. The lowest BCUT2D eigenvalue weighted by Crippen LogP contribution is -2.40. The number of hydrogen-bond donors (Lipinski definition) is 1. The molecule has 7 heteroatoms. The lowest BCUT2D eigenvalue weighted by Gasteiger charge is -2.26. The van der Waals surface area contributed by atoms with Gasteiger partial charge in [0.05, 0.1) is 18.1 Å². The summed E-state index contributed by atoms with van der Waals surface area (Å²) in [7, 11) is -3.54. The van der Waals surface area contributed by atoms with Gasteiger partial charge in [0, 0.05) is 25.2 Å². The third-order valence-electron chi connectivity index (χ3n) is 4.30. The van der Waals surface area contributed by atoms with Crippen LogP contribution in [0.15, 0.2) is 53.4 Å². The van der Waals surface area contributed by atoms with Crippen LogP contribution in [0.3, 0.4) is 0 Å². The molecule has 1 heterocycles. The monoisotopic (exact) mass is 374 g/mol. The molecule has 0 unspecified atom stereocenters. The van der Waals surface area contributed by atoms with Gasteiger partial charge in [-0.05, 0) is 36.8 Å². The van der Waals surface area contributed by atoms with Gasteiger partial charge in [-0.2, -0.15) is 4.31 Å². The fraction of sp³-hybridized carbons (Fsp3) is 0.316. The zero-order chi connectivity index (χ0) is 18.6. The Hall–Kier alpha value is -2.22. The molecule has 2 aromatic carbocycles. The fourth-order valence-corrected chi connectivity index (χ4v) is 4.11. The molecule has 6 nitrogen and oxygen atoms in total. The molecule has 0 aliphatic carbocycles. The number of carbonyl (C=O) groups excluding carboxylic acids is 1. The number of rotatable bonds is 5. The first-order chi connectivity index (χ1) is 12.5. The minimum absolute atomic E-state index is 0.189. The molecule has 1 N–H and O–H groups in total. The van der Waals surface area contributed by atoms with Crippen molar-refractivity contribution < 1.29 is 17.9 Å². The fourth-order valence-electron chi connectivity index (χ4n) is 2.70. The maximum atomic E-state index is 12.6. The molecular formula is C19H22N2O4S. The van der Waals surface area contributed by atoms with Crippen molar-refractivity contribution in [3.05, 3.63) is 65.2 Å². The Kier molecular flexibility index (Phi) is 5.70. The van der Waals surface area contributed by atoms with Crippen LogP contribution in [0.25, 0.3) is 0 Å². The van der Waals surface area contributed by atoms with Crippen molar-refractivity contribution in [3.8, 4) is 0 Å². The first kappa shape index (κ1) is 18.6. The van der Waals surface area contributed by atoms with Crippen molar-refractivity contribution in [3.63, 3.8) is 0 Å². The quantitative estimate of drug-likeness (QED) is 0.868. The Labute approximate surface area is 153 Å². The predicted molar refractivity (Wildman–Crippen MR) is 98.4 cm³/mol. The molecule has 0 saturated carbocycles. The van der Waals surface area contributed by atoms with Crippen LogP contribution in [0.1, 0.15) is 21.5 Å². The SMILES string of the molecule is Cc1ccc(CNC(=O)c2ccc(S(=O)(=O)N3CCOCC3)cc2)cc1. The Bertz CT molecular complexity index is 855. The van der Waals surface area contributed by atoms with E-state index in [2.05, 4.69) is 5.32 Å². The Morgan fingerprint density at radius 1 is 1.04 bits per heavy atom. The molecule has 0 bridgehead atoms. The summed E-state index contributed by atoms with van der Waals surface area (Å²) in [6.45, 7) is 3.93. The van der Waals surface area contributed by atoms with E-state index in [-0.39, 0.29) is 10.8 Å². The van der Waals surface area contributed by atoms with E-state index in [1.54, 1.807) is 0 Å². The standard InChI is InChI=1S/C19H22N2O4S/c1-15-2-4-16(5-3-15)14-20-19(22)17-6-8-18(9-7-17)26(23,24)21-10-12-25-13-11-21/h2-9H,10-14H2,1H3,(H,20,22). The van der Waals surface area contributed by atoms with Gasteiger partial charge in [0.25, 0.3) is 5.91 Å². The third-order valence-corrected chi connectivity index (χ3v) is 6.21. The van der Waals surface area contributed by atoms with Crippen molar-refractivity contribution in [2.24, 2.45) is 0 Å². The van der Waals surface area contributed by atoms with E-state index >= 15 is 0 Å². The number of morpholine rings is 1. The van der Waals surface area contributed by atoms with Crippen LogP contribution < -0.4 is 5.32 Å². The first-order valence-electron chi connectivity index (χ1n) is 8.48. The Morgan fingerprint density at radius 2 is 1.65 bits per heavy atom. The normalized spacial score (nSPS) is 15.6. The molecule has 2 aromatic rings. The van der Waals surface area contributed by atoms with E-state index in [9.17, 15) is 13.2 Å². The number of nitrogens with one attached hydrogen (secondary N) is 1. The molecule has 0 radical (unpaired) electrons. The molecule has 1 aliphatic rings. The van der Waals surface area contributed by atoms with Gasteiger partial charge >= 0.3 is 0 Å². The average Bonchev–Trinajstić information content (AvgIpc) is 2.68. The van der Waals surface area contributed by atoms with Crippen LogP contribution in [0.2, 0.25) is 0 Å². The second kappa shape index (κ2) is 7.99. The summed E-state index contributed by atoms with van der Waals surface area (Å²) < 4.78 is 31.8.